The molecule has 0 radical (unpaired) electrons. The van der Waals surface area contributed by atoms with Gasteiger partial charge in [-0.25, -0.2) is 0 Å². The number of carbonyl (C=O) groups excluding carboxylic acids is 1. The quantitative estimate of drug-likeness (QED) is 0.558. The molecule has 0 spiro atoms. The van der Waals surface area contributed by atoms with Gasteiger partial charge in [0.1, 0.15) is 0 Å². The normalized spacial score (nSPS) is 18.1. The predicted octanol–water partition coefficient (Wildman–Crippen LogP) is 0.890. The Hall–Kier alpha value is -2.08. The van der Waals surface area contributed by atoms with Crippen LogP contribution in [0, 0.1) is 0 Å². The predicted molar refractivity (Wildman–Crippen MR) is 87.0 cm³/mol. The Kier molecular flexibility index (Phi) is 6.21. The summed E-state index contributed by atoms with van der Waals surface area (Å²) in [6.45, 7) is 1.99. The van der Waals surface area contributed by atoms with E-state index in [0.717, 1.165) is 25.0 Å². The van der Waals surface area contributed by atoms with E-state index >= 15 is 0 Å². The maximum absolute atomic E-state index is 12.2. The Morgan fingerprint density at radius 3 is 2.95 bits per heavy atom. The summed E-state index contributed by atoms with van der Waals surface area (Å²) in [5.41, 5.74) is 1.69. The number of amides is 1. The van der Waals surface area contributed by atoms with Gasteiger partial charge in [-0.1, -0.05) is 12.1 Å². The van der Waals surface area contributed by atoms with Crippen LogP contribution in [0.2, 0.25) is 0 Å². The van der Waals surface area contributed by atoms with E-state index in [1.54, 1.807) is 7.05 Å². The minimum Gasteiger partial charge on any atom is -0.376 e. The van der Waals surface area contributed by atoms with Gasteiger partial charge in [0.2, 0.25) is 0 Å². The Bertz CT molecular complexity index is 525. The van der Waals surface area contributed by atoms with Crippen molar-refractivity contribution >= 4 is 11.9 Å². The summed E-state index contributed by atoms with van der Waals surface area (Å²) in [5.74, 6) is 0.656. The van der Waals surface area contributed by atoms with Gasteiger partial charge in [0.25, 0.3) is 5.91 Å². The average molecular weight is 304 g/mol. The van der Waals surface area contributed by atoms with Gasteiger partial charge in [0.15, 0.2) is 5.96 Å². The summed E-state index contributed by atoms with van der Waals surface area (Å²) < 4.78 is 5.51. The van der Waals surface area contributed by atoms with E-state index in [1.165, 1.54) is 0 Å². The molecule has 1 heterocycles. The van der Waals surface area contributed by atoms with Crippen molar-refractivity contribution in [3.63, 3.8) is 0 Å². The molecule has 6 nitrogen and oxygen atoms in total. The minimum atomic E-state index is -0.0599. The van der Waals surface area contributed by atoms with Crippen LogP contribution in [0.25, 0.3) is 0 Å². The molecule has 22 heavy (non-hydrogen) atoms. The van der Waals surface area contributed by atoms with E-state index in [4.69, 9.17) is 4.74 Å². The fourth-order valence-corrected chi connectivity index (χ4v) is 2.40. The van der Waals surface area contributed by atoms with Crippen LogP contribution in [0.4, 0.5) is 0 Å². The number of nitrogens with zero attached hydrogens (tertiary/aromatic N) is 1. The molecule has 0 bridgehead atoms. The van der Waals surface area contributed by atoms with Crippen LogP contribution >= 0.6 is 0 Å². The molecular weight excluding hydrogens is 280 g/mol. The molecule has 1 saturated heterocycles. The van der Waals surface area contributed by atoms with E-state index in [0.29, 0.717) is 24.6 Å². The van der Waals surface area contributed by atoms with E-state index in [1.807, 2.05) is 31.3 Å². The number of rotatable bonds is 5. The first-order chi connectivity index (χ1) is 10.7. The van der Waals surface area contributed by atoms with Crippen LogP contribution < -0.4 is 16.0 Å². The zero-order chi connectivity index (χ0) is 15.8. The molecule has 1 fully saturated rings. The first-order valence-electron chi connectivity index (χ1n) is 7.60. The molecule has 1 aromatic rings. The number of ether oxygens (including phenoxy) is 1. The van der Waals surface area contributed by atoms with Gasteiger partial charge in [-0.05, 0) is 30.5 Å². The van der Waals surface area contributed by atoms with Crippen LogP contribution in [0.1, 0.15) is 28.8 Å². The lowest BCUT2D eigenvalue weighted by Gasteiger charge is -2.12. The first kappa shape index (κ1) is 16.3. The number of carbonyl (C=O) groups is 1. The molecule has 6 heteroatoms. The first-order valence-corrected chi connectivity index (χ1v) is 7.60. The Labute approximate surface area is 131 Å². The highest BCUT2D eigenvalue weighted by Gasteiger charge is 2.16. The lowest BCUT2D eigenvalue weighted by atomic mass is 10.1. The topological polar surface area (TPSA) is 74.8 Å². The highest BCUT2D eigenvalue weighted by Crippen LogP contribution is 2.11. The third kappa shape index (κ3) is 4.73. The second kappa shape index (κ2) is 8.38. The summed E-state index contributed by atoms with van der Waals surface area (Å²) in [6.07, 6.45) is 2.26. The molecule has 1 atom stereocenters. The van der Waals surface area contributed by atoms with Crippen molar-refractivity contribution in [3.05, 3.63) is 35.4 Å². The molecule has 2 rings (SSSR count). The van der Waals surface area contributed by atoms with Gasteiger partial charge in [0.05, 0.1) is 6.10 Å². The highest BCUT2D eigenvalue weighted by atomic mass is 16.5. The SMILES string of the molecule is CN=C(NC)NCc1cccc(C(=O)NCC2CCCO2)c1. The van der Waals surface area contributed by atoms with Gasteiger partial charge in [0, 0.05) is 39.4 Å². The smallest absolute Gasteiger partial charge is 0.251 e. The van der Waals surface area contributed by atoms with E-state index < -0.39 is 0 Å². The highest BCUT2D eigenvalue weighted by molar-refractivity contribution is 5.94. The molecule has 0 saturated carbocycles. The maximum Gasteiger partial charge on any atom is 0.251 e. The molecular formula is C16H24N4O2. The second-order valence-corrected chi connectivity index (χ2v) is 5.22. The summed E-state index contributed by atoms with van der Waals surface area (Å²) in [6, 6.07) is 7.58. The second-order valence-electron chi connectivity index (χ2n) is 5.22. The van der Waals surface area contributed by atoms with E-state index in [-0.39, 0.29) is 12.0 Å². The maximum atomic E-state index is 12.2. The molecule has 1 aliphatic heterocycles. The summed E-state index contributed by atoms with van der Waals surface area (Å²) >= 11 is 0. The van der Waals surface area contributed by atoms with E-state index in [2.05, 4.69) is 20.9 Å². The summed E-state index contributed by atoms with van der Waals surface area (Å²) in [7, 11) is 3.53. The Morgan fingerprint density at radius 2 is 2.27 bits per heavy atom. The number of hydrogen-bond acceptors (Lipinski definition) is 3. The molecule has 1 amide bonds. The third-order valence-electron chi connectivity index (χ3n) is 3.62. The fourth-order valence-electron chi connectivity index (χ4n) is 2.40. The third-order valence-corrected chi connectivity index (χ3v) is 3.62. The van der Waals surface area contributed by atoms with Gasteiger partial charge >= 0.3 is 0 Å². The summed E-state index contributed by atoms with van der Waals surface area (Å²) in [5, 5.41) is 9.06. The molecule has 0 aromatic heterocycles. The van der Waals surface area contributed by atoms with Crippen molar-refractivity contribution in [2.45, 2.75) is 25.5 Å². The van der Waals surface area contributed by atoms with Crippen LogP contribution in [0.15, 0.2) is 29.3 Å². The van der Waals surface area contributed by atoms with Crippen molar-refractivity contribution in [1.82, 2.24) is 16.0 Å². The zero-order valence-electron chi connectivity index (χ0n) is 13.2. The number of guanidine groups is 1. The molecule has 1 unspecified atom stereocenters. The van der Waals surface area contributed by atoms with Gasteiger partial charge in [-0.2, -0.15) is 0 Å². The van der Waals surface area contributed by atoms with Crippen LogP contribution in [0.5, 0.6) is 0 Å². The zero-order valence-corrected chi connectivity index (χ0v) is 13.2. The number of aliphatic imine (C=N–C) groups is 1. The van der Waals surface area contributed by atoms with Crippen molar-refractivity contribution in [3.8, 4) is 0 Å². The molecule has 120 valence electrons. The summed E-state index contributed by atoms with van der Waals surface area (Å²) in [4.78, 5) is 16.2. The van der Waals surface area contributed by atoms with Crippen molar-refractivity contribution < 1.29 is 9.53 Å². The standard InChI is InChI=1S/C16H24N4O2/c1-17-16(18-2)20-10-12-5-3-6-13(9-12)15(21)19-11-14-7-4-8-22-14/h3,5-6,9,14H,4,7-8,10-11H2,1-2H3,(H,19,21)(H2,17,18,20). The lowest BCUT2D eigenvalue weighted by Crippen LogP contribution is -2.34. The fraction of sp³-hybridized carbons (Fsp3) is 0.500. The van der Waals surface area contributed by atoms with Gasteiger partial charge < -0.3 is 20.7 Å². The van der Waals surface area contributed by atoms with Crippen molar-refractivity contribution in [2.75, 3.05) is 27.2 Å². The van der Waals surface area contributed by atoms with Crippen LogP contribution in [-0.4, -0.2) is 45.2 Å². The minimum absolute atomic E-state index is 0.0599. The Morgan fingerprint density at radius 1 is 1.41 bits per heavy atom. The van der Waals surface area contributed by atoms with Crippen molar-refractivity contribution in [1.29, 1.82) is 0 Å². The lowest BCUT2D eigenvalue weighted by molar-refractivity contribution is 0.0857. The van der Waals surface area contributed by atoms with Crippen LogP contribution in [-0.2, 0) is 11.3 Å². The monoisotopic (exact) mass is 304 g/mol. The molecule has 1 aliphatic rings. The van der Waals surface area contributed by atoms with Gasteiger partial charge in [-0.15, -0.1) is 0 Å². The van der Waals surface area contributed by atoms with Crippen molar-refractivity contribution in [2.24, 2.45) is 4.99 Å². The van der Waals surface area contributed by atoms with Crippen LogP contribution in [0.3, 0.4) is 0 Å². The number of benzene rings is 1. The molecule has 0 aliphatic carbocycles. The number of hydrogen-bond donors (Lipinski definition) is 3. The molecule has 3 N–H and O–H groups in total. The largest absolute Gasteiger partial charge is 0.376 e. The molecule has 1 aromatic carbocycles. The van der Waals surface area contributed by atoms with E-state index in [9.17, 15) is 4.79 Å². The number of nitrogens with one attached hydrogen (secondary N) is 3. The Balaban J connectivity index is 1.88. The average Bonchev–Trinajstić information content (AvgIpc) is 3.07. The van der Waals surface area contributed by atoms with Gasteiger partial charge in [-0.3, -0.25) is 9.79 Å².